The minimum atomic E-state index is -0.419. The molecule has 1 aromatic carbocycles. The van der Waals surface area contributed by atoms with Crippen molar-refractivity contribution in [3.63, 3.8) is 0 Å². The zero-order valence-corrected chi connectivity index (χ0v) is 12.4. The van der Waals surface area contributed by atoms with Crippen LogP contribution in [0.4, 0.5) is 5.69 Å². The van der Waals surface area contributed by atoms with Gasteiger partial charge in [-0.05, 0) is 18.1 Å². The average molecular weight is 303 g/mol. The number of carbonyl (C=O) groups is 2. The van der Waals surface area contributed by atoms with E-state index >= 15 is 0 Å². The molecule has 6 nitrogen and oxygen atoms in total. The lowest BCUT2D eigenvalue weighted by molar-refractivity contribution is -0.124. The molecule has 0 saturated carbocycles. The number of anilines is 1. The number of hydrogen-bond acceptors (Lipinski definition) is 4. The van der Waals surface area contributed by atoms with E-state index in [1.54, 1.807) is 4.90 Å². The number of β-amino-alcohol motifs (C(OH)–C–C–N with tert-alkyl or cyclic N) is 1. The van der Waals surface area contributed by atoms with Crippen molar-refractivity contribution in [3.05, 3.63) is 29.8 Å². The van der Waals surface area contributed by atoms with Crippen molar-refractivity contribution in [2.45, 2.75) is 18.9 Å². The summed E-state index contributed by atoms with van der Waals surface area (Å²) in [7, 11) is 0. The Labute approximate surface area is 129 Å². The number of hydrogen-bond donors (Lipinski definition) is 3. The van der Waals surface area contributed by atoms with Gasteiger partial charge in [-0.3, -0.25) is 9.59 Å². The average Bonchev–Trinajstić information content (AvgIpc) is 2.93. The number of aryl methyl sites for hydroxylation is 1. The molecular weight excluding hydrogens is 282 g/mol. The topological polar surface area (TPSA) is 81.7 Å². The number of para-hydroxylation sites is 1. The third-order valence-electron chi connectivity index (χ3n) is 4.36. The SMILES string of the molecule is O=C(CN1C(=O)CCc2ccccc21)NCC1CNCC1O. The van der Waals surface area contributed by atoms with Gasteiger partial charge in [0.15, 0.2) is 0 Å². The summed E-state index contributed by atoms with van der Waals surface area (Å²) < 4.78 is 0. The number of rotatable bonds is 4. The van der Waals surface area contributed by atoms with E-state index in [0.29, 0.717) is 26.1 Å². The fraction of sp³-hybridized carbons (Fsp3) is 0.500. The second kappa shape index (κ2) is 6.46. The molecule has 1 saturated heterocycles. The van der Waals surface area contributed by atoms with Gasteiger partial charge in [-0.15, -0.1) is 0 Å². The third kappa shape index (κ3) is 3.13. The molecule has 0 aliphatic carbocycles. The monoisotopic (exact) mass is 303 g/mol. The normalized spacial score (nSPS) is 24.2. The molecule has 2 unspecified atom stereocenters. The third-order valence-corrected chi connectivity index (χ3v) is 4.36. The molecule has 2 amide bonds. The highest BCUT2D eigenvalue weighted by molar-refractivity contribution is 6.00. The standard InChI is InChI=1S/C16H21N3O3/c20-14-9-17-7-12(14)8-18-15(21)10-19-13-4-2-1-3-11(13)5-6-16(19)22/h1-4,12,14,17,20H,5-10H2,(H,18,21). The number of fused-ring (bicyclic) bond motifs is 1. The van der Waals surface area contributed by atoms with Crippen LogP contribution in [0.1, 0.15) is 12.0 Å². The first-order valence-corrected chi connectivity index (χ1v) is 7.69. The number of carbonyl (C=O) groups excluding carboxylic acids is 2. The molecule has 3 rings (SSSR count). The number of aliphatic hydroxyl groups is 1. The Kier molecular flexibility index (Phi) is 4.40. The summed E-state index contributed by atoms with van der Waals surface area (Å²) in [5, 5.41) is 15.6. The Morgan fingerprint density at radius 1 is 1.32 bits per heavy atom. The van der Waals surface area contributed by atoms with Gasteiger partial charge >= 0.3 is 0 Å². The molecule has 0 spiro atoms. The van der Waals surface area contributed by atoms with Crippen molar-refractivity contribution in [3.8, 4) is 0 Å². The molecule has 22 heavy (non-hydrogen) atoms. The molecule has 0 radical (unpaired) electrons. The smallest absolute Gasteiger partial charge is 0.240 e. The van der Waals surface area contributed by atoms with Crippen molar-refractivity contribution in [1.82, 2.24) is 10.6 Å². The van der Waals surface area contributed by atoms with E-state index in [-0.39, 0.29) is 24.3 Å². The minimum Gasteiger partial charge on any atom is -0.391 e. The molecular formula is C16H21N3O3. The van der Waals surface area contributed by atoms with Crippen molar-refractivity contribution in [2.75, 3.05) is 31.1 Å². The van der Waals surface area contributed by atoms with Crippen LogP contribution in [0, 0.1) is 5.92 Å². The number of amides is 2. The maximum atomic E-state index is 12.1. The van der Waals surface area contributed by atoms with Crippen LogP contribution in [0.3, 0.4) is 0 Å². The first-order chi connectivity index (χ1) is 10.6. The Hall–Kier alpha value is -1.92. The summed E-state index contributed by atoms with van der Waals surface area (Å²) in [5.74, 6) is -0.172. The highest BCUT2D eigenvalue weighted by Gasteiger charge is 2.27. The molecule has 118 valence electrons. The van der Waals surface area contributed by atoms with Crippen LogP contribution in [-0.4, -0.2) is 49.2 Å². The van der Waals surface area contributed by atoms with E-state index in [1.165, 1.54) is 0 Å². The quantitative estimate of drug-likeness (QED) is 0.711. The predicted octanol–water partition coefficient (Wildman–Crippen LogP) is -0.338. The molecule has 0 aromatic heterocycles. The zero-order valence-electron chi connectivity index (χ0n) is 12.4. The van der Waals surface area contributed by atoms with Gasteiger partial charge in [-0.2, -0.15) is 0 Å². The van der Waals surface area contributed by atoms with E-state index in [9.17, 15) is 14.7 Å². The Morgan fingerprint density at radius 3 is 2.91 bits per heavy atom. The maximum absolute atomic E-state index is 12.1. The van der Waals surface area contributed by atoms with Gasteiger partial charge in [0, 0.05) is 37.7 Å². The van der Waals surface area contributed by atoms with Crippen molar-refractivity contribution in [2.24, 2.45) is 5.92 Å². The van der Waals surface area contributed by atoms with Crippen LogP contribution >= 0.6 is 0 Å². The van der Waals surface area contributed by atoms with E-state index in [1.807, 2.05) is 24.3 Å². The van der Waals surface area contributed by atoms with Crippen LogP contribution in [0.15, 0.2) is 24.3 Å². The Bertz CT molecular complexity index is 576. The predicted molar refractivity (Wildman–Crippen MR) is 82.5 cm³/mol. The summed E-state index contributed by atoms with van der Waals surface area (Å²) in [6.45, 7) is 1.73. The van der Waals surface area contributed by atoms with E-state index in [2.05, 4.69) is 10.6 Å². The molecule has 2 aliphatic rings. The van der Waals surface area contributed by atoms with Crippen molar-refractivity contribution < 1.29 is 14.7 Å². The second-order valence-corrected chi connectivity index (χ2v) is 5.90. The molecule has 2 aliphatic heterocycles. The summed E-state index contributed by atoms with van der Waals surface area (Å²) in [5.41, 5.74) is 1.93. The van der Waals surface area contributed by atoms with Gasteiger partial charge in [0.1, 0.15) is 6.54 Å². The first-order valence-electron chi connectivity index (χ1n) is 7.69. The van der Waals surface area contributed by atoms with Crippen molar-refractivity contribution >= 4 is 17.5 Å². The number of aliphatic hydroxyl groups excluding tert-OH is 1. The minimum absolute atomic E-state index is 0.0172. The highest BCUT2D eigenvalue weighted by atomic mass is 16.3. The Balaban J connectivity index is 1.60. The van der Waals surface area contributed by atoms with Gasteiger partial charge in [-0.1, -0.05) is 18.2 Å². The van der Waals surface area contributed by atoms with E-state index in [4.69, 9.17) is 0 Å². The van der Waals surface area contributed by atoms with E-state index in [0.717, 1.165) is 17.7 Å². The van der Waals surface area contributed by atoms with Gasteiger partial charge in [-0.25, -0.2) is 0 Å². The van der Waals surface area contributed by atoms with Gasteiger partial charge in [0.25, 0.3) is 0 Å². The zero-order chi connectivity index (χ0) is 15.5. The number of benzene rings is 1. The Morgan fingerprint density at radius 2 is 2.14 bits per heavy atom. The highest BCUT2D eigenvalue weighted by Crippen LogP contribution is 2.27. The molecule has 2 heterocycles. The van der Waals surface area contributed by atoms with Gasteiger partial charge < -0.3 is 20.6 Å². The molecule has 1 fully saturated rings. The van der Waals surface area contributed by atoms with E-state index < -0.39 is 6.10 Å². The molecule has 3 N–H and O–H groups in total. The van der Waals surface area contributed by atoms with Crippen LogP contribution in [0.5, 0.6) is 0 Å². The largest absolute Gasteiger partial charge is 0.391 e. The fourth-order valence-corrected chi connectivity index (χ4v) is 3.04. The summed E-state index contributed by atoms with van der Waals surface area (Å²) >= 11 is 0. The lowest BCUT2D eigenvalue weighted by atomic mass is 10.0. The summed E-state index contributed by atoms with van der Waals surface area (Å²) in [6.07, 6.45) is 0.750. The molecule has 6 heteroatoms. The van der Waals surface area contributed by atoms with Gasteiger partial charge in [0.05, 0.1) is 6.10 Å². The van der Waals surface area contributed by atoms with Crippen LogP contribution in [0.25, 0.3) is 0 Å². The number of nitrogens with zero attached hydrogens (tertiary/aromatic N) is 1. The van der Waals surface area contributed by atoms with Gasteiger partial charge in [0.2, 0.25) is 11.8 Å². The molecule has 2 atom stereocenters. The lowest BCUT2D eigenvalue weighted by Crippen LogP contribution is -2.44. The fourth-order valence-electron chi connectivity index (χ4n) is 3.04. The lowest BCUT2D eigenvalue weighted by Gasteiger charge is -2.29. The molecule has 1 aromatic rings. The van der Waals surface area contributed by atoms with Crippen LogP contribution < -0.4 is 15.5 Å². The summed E-state index contributed by atoms with van der Waals surface area (Å²) in [4.78, 5) is 25.8. The van der Waals surface area contributed by atoms with Crippen molar-refractivity contribution in [1.29, 1.82) is 0 Å². The second-order valence-electron chi connectivity index (χ2n) is 5.90. The first kappa shape index (κ1) is 15.0. The summed E-state index contributed by atoms with van der Waals surface area (Å²) in [6, 6.07) is 7.70. The van der Waals surface area contributed by atoms with Crippen LogP contribution in [-0.2, 0) is 16.0 Å². The van der Waals surface area contributed by atoms with Crippen LogP contribution in [0.2, 0.25) is 0 Å². The molecule has 0 bridgehead atoms. The number of nitrogens with one attached hydrogen (secondary N) is 2. The maximum Gasteiger partial charge on any atom is 0.240 e.